The van der Waals surface area contributed by atoms with Gasteiger partial charge in [-0.1, -0.05) is 12.1 Å². The van der Waals surface area contributed by atoms with Gasteiger partial charge in [-0.15, -0.1) is 0 Å². The van der Waals surface area contributed by atoms with Crippen LogP contribution < -0.4 is 4.90 Å². The van der Waals surface area contributed by atoms with Gasteiger partial charge in [0.15, 0.2) is 6.19 Å². The first-order chi connectivity index (χ1) is 12.7. The van der Waals surface area contributed by atoms with Crippen LogP contribution in [0.4, 0.5) is 18.9 Å². The number of fused-ring (bicyclic) bond motifs is 1. The Morgan fingerprint density at radius 2 is 1.81 bits per heavy atom. The summed E-state index contributed by atoms with van der Waals surface area (Å²) in [5.74, 6) is -1.97. The van der Waals surface area contributed by atoms with Crippen LogP contribution in [-0.4, -0.2) is 24.0 Å². The Bertz CT molecular complexity index is 984. The van der Waals surface area contributed by atoms with Gasteiger partial charge in [0.1, 0.15) is 0 Å². The Labute approximate surface area is 153 Å². The summed E-state index contributed by atoms with van der Waals surface area (Å²) in [5, 5.41) is 18.1. The average Bonchev–Trinajstić information content (AvgIpc) is 3.08. The number of rotatable bonds is 2. The minimum absolute atomic E-state index is 0.0928. The monoisotopic (exact) mass is 370 g/mol. The maximum absolute atomic E-state index is 12.8. The molecule has 0 saturated carbocycles. The van der Waals surface area contributed by atoms with Crippen LogP contribution in [-0.2, 0) is 17.9 Å². The topological polar surface area (TPSA) is 71.1 Å². The fourth-order valence-corrected chi connectivity index (χ4v) is 3.05. The first kappa shape index (κ1) is 18.3. The molecule has 1 heterocycles. The van der Waals surface area contributed by atoms with Crippen LogP contribution in [0.3, 0.4) is 0 Å². The summed E-state index contributed by atoms with van der Waals surface area (Å²) < 4.78 is 38.4. The van der Waals surface area contributed by atoms with E-state index in [1.165, 1.54) is 17.0 Å². The molecule has 3 rings (SSSR count). The van der Waals surface area contributed by atoms with E-state index < -0.39 is 12.1 Å². The molecule has 0 saturated heterocycles. The van der Waals surface area contributed by atoms with Gasteiger partial charge >= 0.3 is 12.1 Å². The zero-order chi connectivity index (χ0) is 19.8. The number of hydrogen-bond acceptors (Lipinski definition) is 4. The molecule has 27 heavy (non-hydrogen) atoms. The highest BCUT2D eigenvalue weighted by atomic mass is 19.4. The average molecular weight is 370 g/mol. The predicted molar refractivity (Wildman–Crippen MR) is 90.9 cm³/mol. The van der Waals surface area contributed by atoms with Crippen molar-refractivity contribution in [1.82, 2.24) is 4.90 Å². The summed E-state index contributed by atoms with van der Waals surface area (Å²) in [7, 11) is 1.07. The van der Waals surface area contributed by atoms with Crippen LogP contribution in [0.2, 0.25) is 0 Å². The van der Waals surface area contributed by atoms with Gasteiger partial charge < -0.3 is 9.80 Å². The second-order valence-corrected chi connectivity index (χ2v) is 6.14. The Kier molecular flexibility index (Phi) is 4.50. The van der Waals surface area contributed by atoms with Gasteiger partial charge in [-0.2, -0.15) is 23.7 Å². The summed E-state index contributed by atoms with van der Waals surface area (Å²) in [5.41, 5.74) is 3.38. The van der Waals surface area contributed by atoms with Crippen LogP contribution in [0.1, 0.15) is 16.7 Å². The predicted octanol–water partition coefficient (Wildman–Crippen LogP) is 3.55. The zero-order valence-corrected chi connectivity index (χ0v) is 14.2. The lowest BCUT2D eigenvalue weighted by Gasteiger charge is -2.21. The highest BCUT2D eigenvalue weighted by Crippen LogP contribution is 2.37. The fourth-order valence-electron chi connectivity index (χ4n) is 3.05. The van der Waals surface area contributed by atoms with E-state index >= 15 is 0 Å². The van der Waals surface area contributed by atoms with Gasteiger partial charge in [-0.25, -0.2) is 0 Å². The van der Waals surface area contributed by atoms with Crippen molar-refractivity contribution in [1.29, 1.82) is 10.5 Å². The van der Waals surface area contributed by atoms with Crippen molar-refractivity contribution in [3.63, 3.8) is 0 Å². The number of carbonyl (C=O) groups excluding carboxylic acids is 1. The second kappa shape index (κ2) is 6.65. The molecule has 0 atom stereocenters. The van der Waals surface area contributed by atoms with Crippen LogP contribution >= 0.6 is 0 Å². The molecule has 0 aromatic heterocycles. The van der Waals surface area contributed by atoms with E-state index in [1.54, 1.807) is 24.3 Å². The summed E-state index contributed by atoms with van der Waals surface area (Å²) in [6.45, 7) is 0.593. The Balaban J connectivity index is 2.12. The number of halogens is 3. The number of nitriles is 2. The SMILES string of the molecule is CN(C(=O)C(F)(F)F)c1cc2c(c(-c3ccc(C#N)cc3)c1)CN(C#N)C2. The van der Waals surface area contributed by atoms with Crippen molar-refractivity contribution in [3.8, 4) is 23.4 Å². The quantitative estimate of drug-likeness (QED) is 0.758. The normalized spacial score (nSPS) is 12.9. The maximum Gasteiger partial charge on any atom is 0.471 e. The second-order valence-electron chi connectivity index (χ2n) is 6.14. The summed E-state index contributed by atoms with van der Waals surface area (Å²) in [6.07, 6.45) is -2.95. The van der Waals surface area contributed by atoms with Crippen molar-refractivity contribution in [3.05, 3.63) is 53.1 Å². The Hall–Kier alpha value is -3.52. The Morgan fingerprint density at radius 1 is 1.15 bits per heavy atom. The highest BCUT2D eigenvalue weighted by Gasteiger charge is 2.42. The van der Waals surface area contributed by atoms with E-state index in [9.17, 15) is 18.0 Å². The molecule has 0 fully saturated rings. The van der Waals surface area contributed by atoms with E-state index in [0.717, 1.165) is 12.6 Å². The van der Waals surface area contributed by atoms with E-state index in [4.69, 9.17) is 10.5 Å². The third kappa shape index (κ3) is 3.42. The van der Waals surface area contributed by atoms with Gasteiger partial charge in [0.2, 0.25) is 0 Å². The van der Waals surface area contributed by atoms with Crippen LogP contribution in [0, 0.1) is 22.8 Å². The van der Waals surface area contributed by atoms with Gasteiger partial charge in [-0.05, 0) is 46.5 Å². The maximum atomic E-state index is 12.8. The smallest absolute Gasteiger partial charge is 0.308 e. The zero-order valence-electron chi connectivity index (χ0n) is 14.2. The molecule has 8 heteroatoms. The van der Waals surface area contributed by atoms with Crippen molar-refractivity contribution in [2.75, 3.05) is 11.9 Å². The number of carbonyl (C=O) groups is 1. The van der Waals surface area contributed by atoms with Crippen molar-refractivity contribution < 1.29 is 18.0 Å². The van der Waals surface area contributed by atoms with Gasteiger partial charge in [0.05, 0.1) is 24.7 Å². The van der Waals surface area contributed by atoms with Crippen molar-refractivity contribution in [2.45, 2.75) is 19.3 Å². The molecule has 0 bridgehead atoms. The van der Waals surface area contributed by atoms with E-state index in [1.807, 2.05) is 12.3 Å². The molecule has 2 aromatic carbocycles. The number of alkyl halides is 3. The summed E-state index contributed by atoms with van der Waals surface area (Å²) >= 11 is 0. The molecule has 2 aromatic rings. The molecule has 0 radical (unpaired) electrons. The number of hydrogen-bond donors (Lipinski definition) is 0. The number of nitrogens with zero attached hydrogens (tertiary/aromatic N) is 4. The molecular formula is C19H13F3N4O. The molecule has 0 spiro atoms. The minimum Gasteiger partial charge on any atom is -0.308 e. The third-order valence-corrected chi connectivity index (χ3v) is 4.44. The van der Waals surface area contributed by atoms with Crippen LogP contribution in [0.15, 0.2) is 36.4 Å². The summed E-state index contributed by atoms with van der Waals surface area (Å²) in [6, 6.07) is 11.6. The largest absolute Gasteiger partial charge is 0.471 e. The lowest BCUT2D eigenvalue weighted by molar-refractivity contribution is -0.170. The van der Waals surface area contributed by atoms with E-state index in [-0.39, 0.29) is 12.2 Å². The van der Waals surface area contributed by atoms with Crippen molar-refractivity contribution in [2.24, 2.45) is 0 Å². The highest BCUT2D eigenvalue weighted by molar-refractivity contribution is 5.97. The lowest BCUT2D eigenvalue weighted by atomic mass is 9.95. The molecule has 1 amide bonds. The number of amides is 1. The van der Waals surface area contributed by atoms with E-state index in [2.05, 4.69) is 0 Å². The van der Waals surface area contributed by atoms with Crippen LogP contribution in [0.5, 0.6) is 0 Å². The molecule has 1 aliphatic rings. The molecule has 0 unspecified atom stereocenters. The standard InChI is InChI=1S/C19H13F3N4O/c1-25(18(27)19(20,21)22)15-6-14-9-26(11-24)10-17(14)16(7-15)13-4-2-12(8-23)3-5-13/h2-7H,9-10H2,1H3. The molecule has 0 aliphatic carbocycles. The van der Waals surface area contributed by atoms with Gasteiger partial charge in [0.25, 0.3) is 0 Å². The first-order valence-corrected chi connectivity index (χ1v) is 7.90. The van der Waals surface area contributed by atoms with E-state index in [0.29, 0.717) is 33.7 Å². The Morgan fingerprint density at radius 3 is 2.37 bits per heavy atom. The number of benzene rings is 2. The van der Waals surface area contributed by atoms with Crippen molar-refractivity contribution >= 4 is 11.6 Å². The first-order valence-electron chi connectivity index (χ1n) is 7.90. The van der Waals surface area contributed by atoms with Gasteiger partial charge in [-0.3, -0.25) is 4.79 Å². The molecule has 0 N–H and O–H groups in total. The summed E-state index contributed by atoms with van der Waals surface area (Å²) in [4.78, 5) is 13.7. The third-order valence-electron chi connectivity index (χ3n) is 4.44. The molecular weight excluding hydrogens is 357 g/mol. The number of anilines is 1. The fraction of sp³-hybridized carbons (Fsp3) is 0.211. The molecule has 1 aliphatic heterocycles. The molecule has 136 valence electrons. The minimum atomic E-state index is -4.99. The molecule has 5 nitrogen and oxygen atoms in total. The van der Waals surface area contributed by atoms with Crippen LogP contribution in [0.25, 0.3) is 11.1 Å². The lowest BCUT2D eigenvalue weighted by Crippen LogP contribution is -2.38. The van der Waals surface area contributed by atoms with Gasteiger partial charge in [0, 0.05) is 12.7 Å².